The topological polar surface area (TPSA) is 154 Å². The number of nitrogens with one attached hydrogen (secondary N) is 1. The molecule has 13 nitrogen and oxygen atoms in total. The van der Waals surface area contributed by atoms with E-state index in [1.165, 1.54) is 40.6 Å². The Hall–Kier alpha value is -6.24. The highest BCUT2D eigenvalue weighted by molar-refractivity contribution is 6.25. The number of rotatable bonds is 10. The Morgan fingerprint density at radius 1 is 0.843 bits per heavy atom. The van der Waals surface area contributed by atoms with Crippen molar-refractivity contribution >= 4 is 29.2 Å². The van der Waals surface area contributed by atoms with Crippen LogP contribution in [0.15, 0.2) is 72.8 Å². The smallest absolute Gasteiger partial charge is 0.310 e. The van der Waals surface area contributed by atoms with Crippen molar-refractivity contribution in [3.63, 3.8) is 0 Å². The number of carbonyl (C=O) groups is 2. The molecule has 4 atom stereocenters. The largest absolute Gasteiger partial charge is 0.496 e. The second kappa shape index (κ2) is 13.6. The van der Waals surface area contributed by atoms with Crippen molar-refractivity contribution < 1.29 is 47.7 Å². The van der Waals surface area contributed by atoms with Gasteiger partial charge in [-0.1, -0.05) is 30.3 Å². The summed E-state index contributed by atoms with van der Waals surface area (Å²) in [6, 6.07) is 19.6. The van der Waals surface area contributed by atoms with Crippen LogP contribution >= 0.6 is 0 Å². The lowest BCUT2D eigenvalue weighted by molar-refractivity contribution is -0.385. The van der Waals surface area contributed by atoms with Crippen molar-refractivity contribution in [2.45, 2.75) is 12.0 Å². The van der Waals surface area contributed by atoms with Gasteiger partial charge in [0, 0.05) is 23.5 Å². The van der Waals surface area contributed by atoms with Crippen LogP contribution in [0.2, 0.25) is 0 Å². The zero-order valence-electron chi connectivity index (χ0n) is 28.2. The zero-order valence-corrected chi connectivity index (χ0v) is 28.2. The van der Waals surface area contributed by atoms with E-state index in [0.29, 0.717) is 56.8 Å². The number of esters is 1. The molecule has 7 rings (SSSR count). The fraction of sp³-hybridized carbons (Fsp3) is 0.263. The van der Waals surface area contributed by atoms with Gasteiger partial charge in [-0.2, -0.15) is 0 Å². The molecule has 4 aromatic rings. The number of methoxy groups -OCH3 is 4. The Balaban J connectivity index is 1.39. The second-order valence-electron chi connectivity index (χ2n) is 12.1. The molecule has 13 heteroatoms. The average molecular weight is 695 g/mol. The number of benzene rings is 4. The van der Waals surface area contributed by atoms with E-state index in [0.717, 1.165) is 0 Å². The minimum atomic E-state index is -0.749. The Kier molecular flexibility index (Phi) is 8.86. The summed E-state index contributed by atoms with van der Waals surface area (Å²) in [5.41, 5.74) is 2.70. The summed E-state index contributed by atoms with van der Waals surface area (Å²) < 4.78 is 39.8. The lowest BCUT2D eigenvalue weighted by atomic mass is 9.65. The third-order valence-corrected chi connectivity index (χ3v) is 9.59. The van der Waals surface area contributed by atoms with Gasteiger partial charge in [-0.3, -0.25) is 19.7 Å². The van der Waals surface area contributed by atoms with Crippen molar-refractivity contribution in [1.29, 1.82) is 0 Å². The molecule has 4 aromatic carbocycles. The highest BCUT2D eigenvalue weighted by Crippen LogP contribution is 2.55. The average Bonchev–Trinajstić information content (AvgIpc) is 3.78. The van der Waals surface area contributed by atoms with Crippen LogP contribution in [0.5, 0.6) is 34.5 Å². The van der Waals surface area contributed by atoms with Gasteiger partial charge in [0.05, 0.1) is 63.1 Å². The van der Waals surface area contributed by atoms with Crippen molar-refractivity contribution in [3.8, 4) is 34.5 Å². The molecule has 1 fully saturated rings. The molecule has 0 saturated carbocycles. The van der Waals surface area contributed by atoms with Gasteiger partial charge in [-0.05, 0) is 59.2 Å². The van der Waals surface area contributed by atoms with Crippen LogP contribution in [-0.4, -0.2) is 58.6 Å². The minimum Gasteiger partial charge on any atom is -0.496 e. The first-order chi connectivity index (χ1) is 24.8. The molecular formula is C38H34N2O11. The fourth-order valence-corrected chi connectivity index (χ4v) is 7.31. The van der Waals surface area contributed by atoms with Gasteiger partial charge in [-0.25, -0.2) is 0 Å². The van der Waals surface area contributed by atoms with Gasteiger partial charge < -0.3 is 38.5 Å². The molecule has 3 aliphatic rings. The Labute approximate surface area is 292 Å². The number of cyclic esters (lactones) is 1. The quantitative estimate of drug-likeness (QED) is 0.0716. The number of ether oxygens (including phenoxy) is 7. The third kappa shape index (κ3) is 5.79. The van der Waals surface area contributed by atoms with Crippen LogP contribution in [0.4, 0.5) is 5.69 Å². The molecule has 1 N–H and O–H groups in total. The maximum absolute atomic E-state index is 14.6. The maximum Gasteiger partial charge on any atom is 0.310 e. The first-order valence-electron chi connectivity index (χ1n) is 16.1. The van der Waals surface area contributed by atoms with Gasteiger partial charge in [0.2, 0.25) is 12.5 Å². The van der Waals surface area contributed by atoms with E-state index in [1.807, 2.05) is 12.1 Å². The fourth-order valence-electron chi connectivity index (χ4n) is 7.31. The second-order valence-corrected chi connectivity index (χ2v) is 12.1. The van der Waals surface area contributed by atoms with Crippen LogP contribution in [0.3, 0.4) is 0 Å². The van der Waals surface area contributed by atoms with Crippen LogP contribution in [0, 0.1) is 22.0 Å². The predicted octanol–water partition coefficient (Wildman–Crippen LogP) is 5.69. The Bertz CT molecular complexity index is 2050. The minimum absolute atomic E-state index is 0.00947. The van der Waals surface area contributed by atoms with E-state index < -0.39 is 40.6 Å². The van der Waals surface area contributed by atoms with E-state index >= 15 is 0 Å². The zero-order chi connectivity index (χ0) is 35.8. The highest BCUT2D eigenvalue weighted by Gasteiger charge is 2.53. The summed E-state index contributed by atoms with van der Waals surface area (Å²) in [6.45, 7) is 0.0384. The SMILES string of the molecule is COc1ccccc1/C(=C\c1ccccc1[N+](=O)[O-])C(=O)N[C@@H]1c2cc3c(cc2[C@@H](c2cc(OC)c(OC)c(OC)c2)[C@H]2C(=O)OC[C@@H]21)OCO3. The highest BCUT2D eigenvalue weighted by atomic mass is 16.7. The van der Waals surface area contributed by atoms with E-state index in [4.69, 9.17) is 33.2 Å². The summed E-state index contributed by atoms with van der Waals surface area (Å²) >= 11 is 0. The molecule has 0 bridgehead atoms. The number of hydrogen-bond acceptors (Lipinski definition) is 11. The van der Waals surface area contributed by atoms with E-state index in [-0.39, 0.29) is 30.2 Å². The molecule has 51 heavy (non-hydrogen) atoms. The first-order valence-corrected chi connectivity index (χ1v) is 16.1. The van der Waals surface area contributed by atoms with Crippen molar-refractivity contribution in [1.82, 2.24) is 5.32 Å². The number of hydrogen-bond donors (Lipinski definition) is 1. The van der Waals surface area contributed by atoms with Gasteiger partial charge in [0.15, 0.2) is 23.0 Å². The molecule has 2 aliphatic heterocycles. The lowest BCUT2D eigenvalue weighted by Gasteiger charge is -2.39. The number of para-hydroxylation sites is 2. The number of nitrogens with zero attached hydrogens (tertiary/aromatic N) is 1. The van der Waals surface area contributed by atoms with Gasteiger partial charge in [0.1, 0.15) is 5.75 Å². The lowest BCUT2D eigenvalue weighted by Crippen LogP contribution is -2.43. The third-order valence-electron chi connectivity index (χ3n) is 9.59. The molecular weight excluding hydrogens is 660 g/mol. The molecule has 1 saturated heterocycles. The number of fused-ring (bicyclic) bond motifs is 3. The van der Waals surface area contributed by atoms with E-state index in [2.05, 4.69) is 5.32 Å². The molecule has 2 heterocycles. The van der Waals surface area contributed by atoms with Gasteiger partial charge in [-0.15, -0.1) is 0 Å². The van der Waals surface area contributed by atoms with Crippen molar-refractivity contribution in [3.05, 3.63) is 111 Å². The van der Waals surface area contributed by atoms with E-state index in [1.54, 1.807) is 54.6 Å². The van der Waals surface area contributed by atoms with Crippen molar-refractivity contribution in [2.75, 3.05) is 41.8 Å². The normalized spacial score (nSPS) is 20.1. The Morgan fingerprint density at radius 3 is 2.16 bits per heavy atom. The number of nitro groups is 1. The summed E-state index contributed by atoms with van der Waals surface area (Å²) in [5, 5.41) is 15.1. The Morgan fingerprint density at radius 2 is 1.49 bits per heavy atom. The standard InChI is InChI=1S/C38H34N2O11/c1-45-28-12-8-6-10-22(28)25(13-20-9-5-7-11-27(20)40(43)44)37(41)39-35-24-17-30-29(50-19-51-30)16-23(24)33(34-26(35)18-49-38(34)42)21-14-31(46-2)36(48-4)32(15-21)47-3/h5-17,26,33-35H,18-19H2,1-4H3,(H,39,41)/b25-13+/t26-,33+,34-,35+/m0/s1. The molecule has 0 spiro atoms. The molecule has 262 valence electrons. The molecule has 0 aromatic heterocycles. The van der Waals surface area contributed by atoms with Crippen LogP contribution in [0.1, 0.15) is 39.8 Å². The van der Waals surface area contributed by atoms with Crippen LogP contribution < -0.4 is 33.7 Å². The summed E-state index contributed by atoms with van der Waals surface area (Å²) in [5.74, 6) is -0.204. The summed E-state index contributed by atoms with van der Waals surface area (Å²) in [7, 11) is 6.03. The molecule has 1 amide bonds. The number of nitro benzene ring substituents is 1. The number of carbonyl (C=O) groups excluding carboxylic acids is 2. The van der Waals surface area contributed by atoms with Crippen molar-refractivity contribution in [2.24, 2.45) is 11.8 Å². The summed E-state index contributed by atoms with van der Waals surface area (Å²) in [4.78, 5) is 39.8. The number of amides is 1. The molecule has 0 radical (unpaired) electrons. The van der Waals surface area contributed by atoms with Crippen LogP contribution in [-0.2, 0) is 14.3 Å². The van der Waals surface area contributed by atoms with E-state index in [9.17, 15) is 19.7 Å². The monoisotopic (exact) mass is 694 g/mol. The van der Waals surface area contributed by atoms with Gasteiger partial charge in [0.25, 0.3) is 11.6 Å². The van der Waals surface area contributed by atoms with Crippen LogP contribution in [0.25, 0.3) is 11.6 Å². The molecule has 0 unspecified atom stereocenters. The molecule has 1 aliphatic carbocycles. The predicted molar refractivity (Wildman–Crippen MR) is 183 cm³/mol. The van der Waals surface area contributed by atoms with Gasteiger partial charge >= 0.3 is 5.97 Å². The maximum atomic E-state index is 14.6. The summed E-state index contributed by atoms with van der Waals surface area (Å²) in [6.07, 6.45) is 1.47. The first kappa shape index (κ1) is 33.3.